The highest BCUT2D eigenvalue weighted by Crippen LogP contribution is 2.34. The van der Waals surface area contributed by atoms with Gasteiger partial charge in [0.1, 0.15) is 5.56 Å². The fourth-order valence-electron chi connectivity index (χ4n) is 3.91. The van der Waals surface area contributed by atoms with Crippen molar-refractivity contribution in [2.24, 2.45) is 0 Å². The van der Waals surface area contributed by atoms with E-state index in [1.54, 1.807) is 17.6 Å². The third kappa shape index (κ3) is 4.06. The standard InChI is InChI=1S/C22H24F3N5O2/c1-13(2)15-10-27-19-18(14(3)29-30(19)12-15)20(31)28-21(6-8-32-9-7-21)17-5-4-16(11-26-17)22(23,24)25/h4-5,10-13H,6-9H2,1-3H3,(H,28,31). The Labute approximate surface area is 183 Å². The van der Waals surface area contributed by atoms with Crippen LogP contribution in [-0.4, -0.2) is 38.7 Å². The van der Waals surface area contributed by atoms with Crippen molar-refractivity contribution in [3.05, 3.63) is 58.8 Å². The third-order valence-corrected chi connectivity index (χ3v) is 5.84. The molecule has 10 heteroatoms. The summed E-state index contributed by atoms with van der Waals surface area (Å²) in [4.78, 5) is 21.9. The summed E-state index contributed by atoms with van der Waals surface area (Å²) >= 11 is 0. The molecule has 1 aliphatic heterocycles. The summed E-state index contributed by atoms with van der Waals surface area (Å²) in [6.45, 7) is 6.52. The van der Waals surface area contributed by atoms with Crippen LogP contribution in [0.4, 0.5) is 13.2 Å². The van der Waals surface area contributed by atoms with Crippen molar-refractivity contribution >= 4 is 11.6 Å². The quantitative estimate of drug-likeness (QED) is 0.654. The molecule has 0 aliphatic carbocycles. The van der Waals surface area contributed by atoms with Crippen molar-refractivity contribution in [2.75, 3.05) is 13.2 Å². The molecule has 1 amide bonds. The summed E-state index contributed by atoms with van der Waals surface area (Å²) in [5.74, 6) is -0.143. The van der Waals surface area contributed by atoms with Crippen molar-refractivity contribution in [1.82, 2.24) is 24.9 Å². The van der Waals surface area contributed by atoms with E-state index in [2.05, 4.69) is 20.4 Å². The number of aromatic nitrogens is 4. The number of carbonyl (C=O) groups excluding carboxylic acids is 1. The lowest BCUT2D eigenvalue weighted by Gasteiger charge is -2.37. The smallest absolute Gasteiger partial charge is 0.381 e. The average Bonchev–Trinajstić information content (AvgIpc) is 3.08. The molecule has 1 N–H and O–H groups in total. The topological polar surface area (TPSA) is 81.4 Å². The van der Waals surface area contributed by atoms with Gasteiger partial charge in [0.25, 0.3) is 5.91 Å². The van der Waals surface area contributed by atoms with Crippen LogP contribution in [0.1, 0.15) is 65.5 Å². The van der Waals surface area contributed by atoms with E-state index in [1.807, 2.05) is 20.0 Å². The van der Waals surface area contributed by atoms with Crippen LogP contribution < -0.4 is 5.32 Å². The van der Waals surface area contributed by atoms with Gasteiger partial charge in [-0.2, -0.15) is 18.3 Å². The fraction of sp³-hybridized carbons (Fsp3) is 0.455. The van der Waals surface area contributed by atoms with Crippen LogP contribution in [0.2, 0.25) is 0 Å². The van der Waals surface area contributed by atoms with Gasteiger partial charge in [-0.05, 0) is 43.4 Å². The molecule has 0 radical (unpaired) electrons. The van der Waals surface area contributed by atoms with E-state index in [4.69, 9.17) is 4.74 Å². The van der Waals surface area contributed by atoms with E-state index < -0.39 is 23.2 Å². The molecule has 3 aromatic rings. The largest absolute Gasteiger partial charge is 0.417 e. The van der Waals surface area contributed by atoms with Gasteiger partial charge in [0.2, 0.25) is 0 Å². The van der Waals surface area contributed by atoms with E-state index >= 15 is 0 Å². The van der Waals surface area contributed by atoms with Crippen LogP contribution >= 0.6 is 0 Å². The Morgan fingerprint density at radius 1 is 1.19 bits per heavy atom. The maximum atomic E-state index is 13.4. The molecule has 0 bridgehead atoms. The highest BCUT2D eigenvalue weighted by atomic mass is 19.4. The average molecular weight is 447 g/mol. The first-order chi connectivity index (χ1) is 15.1. The van der Waals surface area contributed by atoms with Crippen LogP contribution in [0.5, 0.6) is 0 Å². The first-order valence-corrected chi connectivity index (χ1v) is 10.4. The summed E-state index contributed by atoms with van der Waals surface area (Å²) in [6, 6.07) is 2.31. The summed E-state index contributed by atoms with van der Waals surface area (Å²) < 4.78 is 46.0. The molecular weight excluding hydrogens is 423 g/mol. The fourth-order valence-corrected chi connectivity index (χ4v) is 3.91. The Morgan fingerprint density at radius 2 is 1.91 bits per heavy atom. The Hall–Kier alpha value is -3.01. The number of hydrogen-bond acceptors (Lipinski definition) is 5. The van der Waals surface area contributed by atoms with Crippen molar-refractivity contribution in [1.29, 1.82) is 0 Å². The second-order valence-corrected chi connectivity index (χ2v) is 8.35. The number of nitrogens with one attached hydrogen (secondary N) is 1. The molecule has 0 aromatic carbocycles. The zero-order valence-electron chi connectivity index (χ0n) is 18.0. The first-order valence-electron chi connectivity index (χ1n) is 10.4. The number of ether oxygens (including phenoxy) is 1. The number of aryl methyl sites for hydroxylation is 1. The predicted octanol–water partition coefficient (Wildman–Crippen LogP) is 4.01. The highest BCUT2D eigenvalue weighted by molar-refractivity contribution is 6.01. The van der Waals surface area contributed by atoms with Gasteiger partial charge in [0.15, 0.2) is 5.65 Å². The highest BCUT2D eigenvalue weighted by Gasteiger charge is 2.39. The molecule has 0 spiro atoms. The van der Waals surface area contributed by atoms with Gasteiger partial charge in [-0.15, -0.1) is 0 Å². The lowest BCUT2D eigenvalue weighted by molar-refractivity contribution is -0.137. The number of carbonyl (C=O) groups is 1. The number of pyridine rings is 1. The van der Waals surface area contributed by atoms with Crippen LogP contribution in [0, 0.1) is 6.92 Å². The zero-order valence-corrected chi connectivity index (χ0v) is 18.0. The van der Waals surface area contributed by atoms with Crippen molar-refractivity contribution in [3.63, 3.8) is 0 Å². The predicted molar refractivity (Wildman–Crippen MR) is 110 cm³/mol. The molecule has 0 saturated carbocycles. The lowest BCUT2D eigenvalue weighted by Crippen LogP contribution is -2.50. The number of amides is 1. The van der Waals surface area contributed by atoms with E-state index in [-0.39, 0.29) is 5.92 Å². The Bertz CT molecular complexity index is 1130. The SMILES string of the molecule is Cc1nn2cc(C(C)C)cnc2c1C(=O)NC1(c2ccc(C(F)(F)F)cn2)CCOCC1. The molecule has 4 heterocycles. The van der Waals surface area contributed by atoms with E-state index in [1.165, 1.54) is 6.07 Å². The van der Waals surface area contributed by atoms with Gasteiger partial charge in [0.05, 0.1) is 22.5 Å². The van der Waals surface area contributed by atoms with E-state index in [9.17, 15) is 18.0 Å². The summed E-state index contributed by atoms with van der Waals surface area (Å²) in [5.41, 5.74) is 0.841. The molecule has 7 nitrogen and oxygen atoms in total. The molecule has 1 fully saturated rings. The first kappa shape index (κ1) is 22.2. The van der Waals surface area contributed by atoms with E-state index in [0.29, 0.717) is 48.7 Å². The third-order valence-electron chi connectivity index (χ3n) is 5.84. The molecule has 32 heavy (non-hydrogen) atoms. The molecule has 4 rings (SSSR count). The number of hydrogen-bond donors (Lipinski definition) is 1. The Balaban J connectivity index is 1.69. The van der Waals surface area contributed by atoms with Crippen LogP contribution in [-0.2, 0) is 16.5 Å². The van der Waals surface area contributed by atoms with Gasteiger partial charge in [-0.25, -0.2) is 9.50 Å². The van der Waals surface area contributed by atoms with Gasteiger partial charge in [-0.1, -0.05) is 13.8 Å². The second kappa shape index (κ2) is 8.16. The monoisotopic (exact) mass is 447 g/mol. The van der Waals surface area contributed by atoms with E-state index in [0.717, 1.165) is 17.8 Å². The van der Waals surface area contributed by atoms with Crippen LogP contribution in [0.3, 0.4) is 0 Å². The zero-order chi connectivity index (χ0) is 23.1. The normalized spacial score (nSPS) is 16.5. The number of rotatable bonds is 4. The van der Waals surface area contributed by atoms with Gasteiger partial charge in [-0.3, -0.25) is 9.78 Å². The van der Waals surface area contributed by atoms with Gasteiger partial charge in [0, 0.05) is 31.8 Å². The molecule has 1 aliphatic rings. The molecule has 0 atom stereocenters. The minimum atomic E-state index is -4.48. The van der Waals surface area contributed by atoms with Crippen LogP contribution in [0.15, 0.2) is 30.7 Å². The van der Waals surface area contributed by atoms with Gasteiger partial charge < -0.3 is 10.1 Å². The number of nitrogens with zero attached hydrogens (tertiary/aromatic N) is 4. The molecule has 170 valence electrons. The van der Waals surface area contributed by atoms with Crippen molar-refractivity contribution in [2.45, 2.75) is 51.2 Å². The maximum Gasteiger partial charge on any atom is 0.417 e. The summed E-state index contributed by atoms with van der Waals surface area (Å²) in [7, 11) is 0. The van der Waals surface area contributed by atoms with Crippen molar-refractivity contribution < 1.29 is 22.7 Å². The minimum absolute atomic E-state index is 0.255. The minimum Gasteiger partial charge on any atom is -0.381 e. The molecule has 3 aromatic heterocycles. The lowest BCUT2D eigenvalue weighted by atomic mass is 9.85. The summed E-state index contributed by atoms with van der Waals surface area (Å²) in [6.07, 6.45) is 0.666. The molecular formula is C22H24F3N5O2. The number of halogens is 3. The van der Waals surface area contributed by atoms with Crippen LogP contribution in [0.25, 0.3) is 5.65 Å². The maximum absolute atomic E-state index is 13.4. The summed E-state index contributed by atoms with van der Waals surface area (Å²) in [5, 5.41) is 7.46. The van der Waals surface area contributed by atoms with Gasteiger partial charge >= 0.3 is 6.18 Å². The number of fused-ring (bicyclic) bond motifs is 1. The number of alkyl halides is 3. The second-order valence-electron chi connectivity index (χ2n) is 8.35. The Morgan fingerprint density at radius 3 is 2.50 bits per heavy atom. The molecule has 1 saturated heterocycles. The molecule has 0 unspecified atom stereocenters. The Kier molecular flexibility index (Phi) is 5.66. The van der Waals surface area contributed by atoms with Crippen molar-refractivity contribution in [3.8, 4) is 0 Å².